The lowest BCUT2D eigenvalue weighted by Gasteiger charge is -2.13. The molecule has 8 heteroatoms. The quantitative estimate of drug-likeness (QED) is 0.610. The second-order valence-electron chi connectivity index (χ2n) is 4.59. The largest absolute Gasteiger partial charge is 0.755 e. The van der Waals surface area contributed by atoms with E-state index in [-0.39, 0.29) is 17.0 Å². The molecule has 122 valence electrons. The fourth-order valence-electron chi connectivity index (χ4n) is 1.99. The summed E-state index contributed by atoms with van der Waals surface area (Å²) >= 11 is -0.916. The van der Waals surface area contributed by atoms with Gasteiger partial charge in [-0.2, -0.15) is 0 Å². The third kappa shape index (κ3) is 4.47. The molecular weight excluding hydrogens is 338 g/mol. The van der Waals surface area contributed by atoms with E-state index in [1.165, 1.54) is 18.2 Å². The van der Waals surface area contributed by atoms with Crippen molar-refractivity contribution in [2.24, 2.45) is 0 Å². The SMILES string of the molecule is CSc1ccc(Oc2ccc(NS(=O)[O-])cc2C(=O)O)cc1C. The van der Waals surface area contributed by atoms with Gasteiger partial charge < -0.3 is 19.1 Å². The van der Waals surface area contributed by atoms with E-state index in [2.05, 4.69) is 4.72 Å². The number of ether oxygens (including phenoxy) is 1. The summed E-state index contributed by atoms with van der Waals surface area (Å²) in [7, 11) is 0. The van der Waals surface area contributed by atoms with Crippen molar-refractivity contribution in [1.82, 2.24) is 0 Å². The maximum Gasteiger partial charge on any atom is 0.339 e. The van der Waals surface area contributed by atoms with Gasteiger partial charge in [-0.3, -0.25) is 4.21 Å². The molecule has 0 spiro atoms. The van der Waals surface area contributed by atoms with Crippen LogP contribution in [0.5, 0.6) is 11.5 Å². The second kappa shape index (κ2) is 7.49. The minimum absolute atomic E-state index is 0.132. The molecule has 0 aliphatic rings. The highest BCUT2D eigenvalue weighted by Gasteiger charge is 2.14. The average Bonchev–Trinajstić information content (AvgIpc) is 2.48. The van der Waals surface area contributed by atoms with Crippen molar-refractivity contribution < 1.29 is 23.4 Å². The summed E-state index contributed by atoms with van der Waals surface area (Å²) in [4.78, 5) is 12.5. The lowest BCUT2D eigenvalue weighted by atomic mass is 10.1. The Morgan fingerprint density at radius 3 is 2.61 bits per heavy atom. The van der Waals surface area contributed by atoms with Gasteiger partial charge in [0.05, 0.1) is 0 Å². The van der Waals surface area contributed by atoms with E-state index in [4.69, 9.17) is 4.74 Å². The molecule has 0 radical (unpaired) electrons. The highest BCUT2D eigenvalue weighted by molar-refractivity contribution is 7.98. The van der Waals surface area contributed by atoms with Crippen LogP contribution in [0, 0.1) is 6.92 Å². The minimum atomic E-state index is -2.53. The Bertz CT molecular complexity index is 764. The smallest absolute Gasteiger partial charge is 0.339 e. The molecule has 2 aromatic carbocycles. The summed E-state index contributed by atoms with van der Waals surface area (Å²) in [6, 6.07) is 9.51. The van der Waals surface area contributed by atoms with Crippen LogP contribution in [0.3, 0.4) is 0 Å². The first-order valence-corrected chi connectivity index (χ1v) is 8.76. The highest BCUT2D eigenvalue weighted by atomic mass is 32.2. The summed E-state index contributed by atoms with van der Waals surface area (Å²) in [5.41, 5.74) is 1.04. The molecule has 2 N–H and O–H groups in total. The summed E-state index contributed by atoms with van der Waals surface area (Å²) in [5, 5.41) is 9.27. The van der Waals surface area contributed by atoms with Crippen LogP contribution in [0.2, 0.25) is 0 Å². The second-order valence-corrected chi connectivity index (χ2v) is 6.11. The third-order valence-corrected chi connectivity index (χ3v) is 4.31. The van der Waals surface area contributed by atoms with E-state index in [0.29, 0.717) is 5.75 Å². The number of aromatic carboxylic acids is 1. The average molecular weight is 352 g/mol. The molecule has 1 unspecified atom stereocenters. The number of benzene rings is 2. The Kier molecular flexibility index (Phi) is 5.64. The molecule has 2 rings (SSSR count). The van der Waals surface area contributed by atoms with Crippen molar-refractivity contribution in [3.8, 4) is 11.5 Å². The Hall–Kier alpha value is -2.03. The van der Waals surface area contributed by atoms with Crippen molar-refractivity contribution in [1.29, 1.82) is 0 Å². The molecule has 0 heterocycles. The van der Waals surface area contributed by atoms with Crippen LogP contribution in [0.1, 0.15) is 15.9 Å². The van der Waals surface area contributed by atoms with Crippen molar-refractivity contribution in [3.63, 3.8) is 0 Å². The van der Waals surface area contributed by atoms with Gasteiger partial charge >= 0.3 is 5.97 Å². The zero-order valence-electron chi connectivity index (χ0n) is 12.4. The maximum atomic E-state index is 11.4. The van der Waals surface area contributed by atoms with Crippen LogP contribution in [0.25, 0.3) is 0 Å². The number of carbonyl (C=O) groups is 1. The van der Waals surface area contributed by atoms with Crippen molar-refractivity contribution in [2.75, 3.05) is 11.0 Å². The fraction of sp³-hybridized carbons (Fsp3) is 0.133. The molecule has 2 aromatic rings. The van der Waals surface area contributed by atoms with Gasteiger partial charge in [0, 0.05) is 21.8 Å². The fourth-order valence-corrected chi connectivity index (χ4v) is 2.89. The molecular formula is C15H14NO5S2-. The van der Waals surface area contributed by atoms with Crippen molar-refractivity contribution >= 4 is 34.7 Å². The number of rotatable bonds is 6. The number of thioether (sulfide) groups is 1. The molecule has 0 aromatic heterocycles. The Morgan fingerprint density at radius 2 is 2.04 bits per heavy atom. The standard InChI is InChI=1S/C15H15NO5S2/c1-9-7-11(4-6-14(9)22-2)21-13-5-3-10(16-23(19)20)8-12(13)15(17)18/h3-8,16H,1-2H3,(H,17,18)(H,19,20)/p-1. The van der Waals surface area contributed by atoms with Gasteiger partial charge in [0.15, 0.2) is 0 Å². The van der Waals surface area contributed by atoms with Crippen molar-refractivity contribution in [3.05, 3.63) is 47.5 Å². The number of hydrogen-bond acceptors (Lipinski definition) is 5. The number of anilines is 1. The van der Waals surface area contributed by atoms with Gasteiger partial charge in [-0.1, -0.05) is 0 Å². The van der Waals surface area contributed by atoms with Crippen LogP contribution in [0.15, 0.2) is 41.3 Å². The Morgan fingerprint density at radius 1 is 1.30 bits per heavy atom. The van der Waals surface area contributed by atoms with Crippen LogP contribution < -0.4 is 9.46 Å². The lowest BCUT2D eigenvalue weighted by Crippen LogP contribution is -2.05. The van der Waals surface area contributed by atoms with Gasteiger partial charge in [-0.25, -0.2) is 4.79 Å². The minimum Gasteiger partial charge on any atom is -0.755 e. The molecule has 0 bridgehead atoms. The highest BCUT2D eigenvalue weighted by Crippen LogP contribution is 2.31. The van der Waals surface area contributed by atoms with Gasteiger partial charge in [-0.15, -0.1) is 11.8 Å². The zero-order valence-corrected chi connectivity index (χ0v) is 14.0. The predicted octanol–water partition coefficient (Wildman–Crippen LogP) is 3.41. The van der Waals surface area contributed by atoms with Crippen molar-refractivity contribution in [2.45, 2.75) is 11.8 Å². The third-order valence-electron chi connectivity index (χ3n) is 3.01. The van der Waals surface area contributed by atoms with Crippen LogP contribution in [0.4, 0.5) is 5.69 Å². The van der Waals surface area contributed by atoms with Crippen LogP contribution in [-0.2, 0) is 11.3 Å². The molecule has 0 amide bonds. The number of carboxylic acid groups (broad SMARTS) is 1. The Labute approximate surface area is 140 Å². The molecule has 23 heavy (non-hydrogen) atoms. The van der Waals surface area contributed by atoms with E-state index in [9.17, 15) is 18.7 Å². The first-order valence-electron chi connectivity index (χ1n) is 6.46. The molecule has 6 nitrogen and oxygen atoms in total. The molecule has 0 aliphatic heterocycles. The topological polar surface area (TPSA) is 98.7 Å². The summed E-state index contributed by atoms with van der Waals surface area (Å²) in [6.45, 7) is 1.94. The first kappa shape index (κ1) is 17.3. The molecule has 0 saturated heterocycles. The molecule has 0 aliphatic carbocycles. The van der Waals surface area contributed by atoms with E-state index in [0.717, 1.165) is 10.5 Å². The lowest BCUT2D eigenvalue weighted by molar-refractivity contribution is 0.0694. The molecule has 1 atom stereocenters. The van der Waals surface area contributed by atoms with E-state index in [1.54, 1.807) is 17.8 Å². The monoisotopic (exact) mass is 352 g/mol. The number of nitrogens with one attached hydrogen (secondary N) is 1. The number of aryl methyl sites for hydroxylation is 1. The summed E-state index contributed by atoms with van der Waals surface area (Å²) in [6.07, 6.45) is 1.97. The summed E-state index contributed by atoms with van der Waals surface area (Å²) in [5.74, 6) is -0.565. The maximum absolute atomic E-state index is 11.4. The van der Waals surface area contributed by atoms with E-state index in [1.807, 2.05) is 25.3 Å². The Balaban J connectivity index is 2.33. The predicted molar refractivity (Wildman–Crippen MR) is 89.0 cm³/mol. The number of carboxylic acids is 1. The summed E-state index contributed by atoms with van der Waals surface area (Å²) < 4.78 is 29.0. The van der Waals surface area contributed by atoms with E-state index < -0.39 is 17.2 Å². The van der Waals surface area contributed by atoms with Gasteiger partial charge in [0.25, 0.3) is 0 Å². The number of hydrogen-bond donors (Lipinski definition) is 2. The van der Waals surface area contributed by atoms with Crippen LogP contribution >= 0.6 is 11.8 Å². The van der Waals surface area contributed by atoms with Crippen LogP contribution in [-0.4, -0.2) is 26.1 Å². The van der Waals surface area contributed by atoms with Gasteiger partial charge in [-0.05, 0) is 55.1 Å². The molecule has 0 saturated carbocycles. The van der Waals surface area contributed by atoms with Gasteiger partial charge in [0.1, 0.15) is 17.1 Å². The van der Waals surface area contributed by atoms with E-state index >= 15 is 0 Å². The zero-order chi connectivity index (χ0) is 17.0. The first-order chi connectivity index (χ1) is 10.9. The molecule has 0 fully saturated rings. The van der Waals surface area contributed by atoms with Gasteiger partial charge in [0.2, 0.25) is 0 Å². The normalized spacial score (nSPS) is 11.8.